The van der Waals surface area contributed by atoms with Gasteiger partial charge in [0, 0.05) is 52.5 Å². The normalized spacial score (nSPS) is 11.5. The molecule has 4 aromatic heterocycles. The van der Waals surface area contributed by atoms with Crippen molar-refractivity contribution in [2.45, 2.75) is 20.3 Å². The van der Waals surface area contributed by atoms with E-state index in [2.05, 4.69) is 35.5 Å². The maximum absolute atomic E-state index is 15.2. The highest BCUT2D eigenvalue weighted by Gasteiger charge is 2.19. The van der Waals surface area contributed by atoms with E-state index in [1.165, 1.54) is 24.5 Å². The van der Waals surface area contributed by atoms with E-state index in [0.717, 1.165) is 0 Å². The first kappa shape index (κ1) is 24.4. The van der Waals surface area contributed by atoms with Gasteiger partial charge in [0.15, 0.2) is 11.5 Å². The molecule has 6 rings (SSSR count). The number of hydrogen-bond donors (Lipinski definition) is 3. The number of nitrogens with zero attached hydrogens (tertiary/aromatic N) is 4. The molecule has 2 aromatic carbocycles. The molecule has 3 N–H and O–H groups in total. The zero-order chi connectivity index (χ0) is 27.1. The van der Waals surface area contributed by atoms with E-state index in [1.807, 2.05) is 13.8 Å². The van der Waals surface area contributed by atoms with Gasteiger partial charge >= 0.3 is 0 Å². The fourth-order valence-electron chi connectivity index (χ4n) is 4.61. The minimum absolute atomic E-state index is 0.134. The number of halogens is 2. The highest BCUT2D eigenvalue weighted by molar-refractivity contribution is 5.98. The molecule has 0 aliphatic rings. The van der Waals surface area contributed by atoms with Crippen molar-refractivity contribution in [3.05, 3.63) is 78.8 Å². The Labute approximate surface area is 221 Å². The average molecular weight is 524 g/mol. The van der Waals surface area contributed by atoms with Crippen molar-refractivity contribution in [3.8, 4) is 33.8 Å². The fourth-order valence-corrected chi connectivity index (χ4v) is 4.61. The Morgan fingerprint density at radius 3 is 2.67 bits per heavy atom. The summed E-state index contributed by atoms with van der Waals surface area (Å²) in [5.74, 6) is -0.360. The number of amides is 1. The summed E-state index contributed by atoms with van der Waals surface area (Å²) in [6.45, 7) is 3.92. The first-order valence-corrected chi connectivity index (χ1v) is 12.4. The Hall–Kier alpha value is -4.99. The highest BCUT2D eigenvalue weighted by Crippen LogP contribution is 2.34. The summed E-state index contributed by atoms with van der Waals surface area (Å²) in [5.41, 5.74) is 4.20. The third-order valence-corrected chi connectivity index (χ3v) is 6.36. The van der Waals surface area contributed by atoms with Crippen molar-refractivity contribution < 1.29 is 13.6 Å². The number of pyridine rings is 2. The zero-order valence-corrected chi connectivity index (χ0v) is 21.1. The molecule has 0 saturated heterocycles. The molecule has 4 heterocycles. The molecule has 0 saturated carbocycles. The van der Waals surface area contributed by atoms with Gasteiger partial charge in [0.05, 0.1) is 22.9 Å². The quantitative estimate of drug-likeness (QED) is 0.231. The number of H-pyrrole nitrogens is 2. The number of carbonyl (C=O) groups is 1. The number of aromatic amines is 2. The largest absolute Gasteiger partial charge is 0.335 e. The molecule has 0 aliphatic heterocycles. The summed E-state index contributed by atoms with van der Waals surface area (Å²) in [6, 6.07) is 12.9. The predicted molar refractivity (Wildman–Crippen MR) is 146 cm³/mol. The van der Waals surface area contributed by atoms with Crippen LogP contribution in [-0.4, -0.2) is 36.0 Å². The number of anilines is 1. The Morgan fingerprint density at radius 2 is 1.85 bits per heavy atom. The summed E-state index contributed by atoms with van der Waals surface area (Å²) in [5, 5.41) is 10.7. The van der Waals surface area contributed by atoms with Gasteiger partial charge in [0.1, 0.15) is 17.3 Å². The predicted octanol–water partition coefficient (Wildman–Crippen LogP) is 6.49. The Bertz CT molecular complexity index is 1860. The number of hydrogen-bond acceptors (Lipinski definition) is 5. The molecule has 0 spiro atoms. The number of imidazole rings is 1. The summed E-state index contributed by atoms with van der Waals surface area (Å²) in [6.07, 6.45) is 5.00. The van der Waals surface area contributed by atoms with Crippen LogP contribution < -0.4 is 5.32 Å². The second-order valence-corrected chi connectivity index (χ2v) is 9.68. The number of nitrogens with one attached hydrogen (secondary N) is 3. The van der Waals surface area contributed by atoms with Crippen LogP contribution in [0, 0.1) is 17.6 Å². The fraction of sp³-hybridized carbons (Fsp3) is 0.138. The second kappa shape index (κ2) is 9.71. The van der Waals surface area contributed by atoms with Crippen LogP contribution in [0.25, 0.3) is 55.8 Å². The molecule has 0 atom stereocenters. The topological polar surface area (TPSA) is 112 Å². The second-order valence-electron chi connectivity index (χ2n) is 9.68. The first-order valence-electron chi connectivity index (χ1n) is 12.4. The lowest BCUT2D eigenvalue weighted by molar-refractivity contribution is -0.116. The smallest absolute Gasteiger partial charge is 0.224 e. The van der Waals surface area contributed by atoms with Crippen LogP contribution in [0.2, 0.25) is 0 Å². The standard InChI is InChI=1S/C29H23F2N7O/c1-15(2)9-25(39)34-17-10-16(13-32-14-17)20-11-21-24(12-23(20)31)37-38-27(21)29-35-26-19(7-8-33-28(26)36-29)18-5-3-4-6-22(18)30/h3-8,10-15H,9H2,1-2H3,(H,34,39)(H,37,38)(H,33,35,36). The molecular weight excluding hydrogens is 500 g/mol. The maximum atomic E-state index is 15.2. The molecule has 8 nitrogen and oxygen atoms in total. The zero-order valence-electron chi connectivity index (χ0n) is 21.1. The number of aromatic nitrogens is 6. The average Bonchev–Trinajstić information content (AvgIpc) is 3.52. The Kier molecular flexibility index (Phi) is 6.07. The lowest BCUT2D eigenvalue weighted by Gasteiger charge is -2.09. The third kappa shape index (κ3) is 4.61. The van der Waals surface area contributed by atoms with Crippen LogP contribution in [0.3, 0.4) is 0 Å². The molecule has 39 heavy (non-hydrogen) atoms. The lowest BCUT2D eigenvalue weighted by Crippen LogP contribution is -2.14. The van der Waals surface area contributed by atoms with Crippen LogP contribution in [-0.2, 0) is 4.79 Å². The number of fused-ring (bicyclic) bond motifs is 2. The van der Waals surface area contributed by atoms with E-state index in [9.17, 15) is 9.18 Å². The van der Waals surface area contributed by atoms with E-state index >= 15 is 4.39 Å². The van der Waals surface area contributed by atoms with Gasteiger partial charge in [-0.05, 0) is 30.2 Å². The van der Waals surface area contributed by atoms with Gasteiger partial charge in [0.25, 0.3) is 0 Å². The molecule has 194 valence electrons. The van der Waals surface area contributed by atoms with Gasteiger partial charge in [-0.25, -0.2) is 18.7 Å². The van der Waals surface area contributed by atoms with Crippen LogP contribution in [0.4, 0.5) is 14.5 Å². The summed E-state index contributed by atoms with van der Waals surface area (Å²) < 4.78 is 29.8. The van der Waals surface area contributed by atoms with Gasteiger partial charge in [-0.15, -0.1) is 0 Å². The van der Waals surface area contributed by atoms with Crippen molar-refractivity contribution in [3.63, 3.8) is 0 Å². The van der Waals surface area contributed by atoms with Crippen molar-refractivity contribution in [1.82, 2.24) is 30.1 Å². The van der Waals surface area contributed by atoms with Gasteiger partial charge in [-0.2, -0.15) is 5.10 Å². The molecule has 0 radical (unpaired) electrons. The van der Waals surface area contributed by atoms with Crippen molar-refractivity contribution in [2.24, 2.45) is 5.92 Å². The van der Waals surface area contributed by atoms with E-state index in [-0.39, 0.29) is 17.6 Å². The van der Waals surface area contributed by atoms with Crippen molar-refractivity contribution in [1.29, 1.82) is 0 Å². The van der Waals surface area contributed by atoms with Crippen LogP contribution in [0.1, 0.15) is 20.3 Å². The number of rotatable bonds is 6. The number of benzene rings is 2. The minimum atomic E-state index is -0.474. The molecule has 0 unspecified atom stereocenters. The maximum Gasteiger partial charge on any atom is 0.224 e. The van der Waals surface area contributed by atoms with E-state index in [4.69, 9.17) is 0 Å². The molecule has 10 heteroatoms. The monoisotopic (exact) mass is 523 g/mol. The molecule has 0 fully saturated rings. The van der Waals surface area contributed by atoms with Crippen molar-refractivity contribution >= 4 is 33.7 Å². The van der Waals surface area contributed by atoms with Crippen LogP contribution >= 0.6 is 0 Å². The first-order chi connectivity index (χ1) is 18.9. The minimum Gasteiger partial charge on any atom is -0.335 e. The third-order valence-electron chi connectivity index (χ3n) is 6.36. The van der Waals surface area contributed by atoms with E-state index in [1.54, 1.807) is 42.6 Å². The van der Waals surface area contributed by atoms with Crippen LogP contribution in [0.15, 0.2) is 67.1 Å². The van der Waals surface area contributed by atoms with Gasteiger partial charge in [0.2, 0.25) is 5.91 Å². The highest BCUT2D eigenvalue weighted by atomic mass is 19.1. The molecule has 0 aliphatic carbocycles. The molecule has 0 bridgehead atoms. The van der Waals surface area contributed by atoms with Gasteiger partial charge < -0.3 is 10.3 Å². The Balaban J connectivity index is 1.42. The SMILES string of the molecule is CC(C)CC(=O)Nc1cncc(-c2cc3c(-c4nc5nccc(-c6ccccc6F)c5[nH]4)n[nH]c3cc2F)c1. The molecule has 1 amide bonds. The lowest BCUT2D eigenvalue weighted by atomic mass is 10.0. The van der Waals surface area contributed by atoms with E-state index < -0.39 is 5.82 Å². The Morgan fingerprint density at radius 1 is 1.00 bits per heavy atom. The van der Waals surface area contributed by atoms with Crippen molar-refractivity contribution in [2.75, 3.05) is 5.32 Å². The van der Waals surface area contributed by atoms with Gasteiger partial charge in [-0.3, -0.25) is 14.9 Å². The number of carbonyl (C=O) groups excluding carboxylic acids is 1. The summed E-state index contributed by atoms with van der Waals surface area (Å²) in [4.78, 5) is 28.6. The molecule has 6 aromatic rings. The van der Waals surface area contributed by atoms with Crippen LogP contribution in [0.5, 0.6) is 0 Å². The van der Waals surface area contributed by atoms with E-state index in [0.29, 0.717) is 67.9 Å². The summed E-state index contributed by atoms with van der Waals surface area (Å²) in [7, 11) is 0. The van der Waals surface area contributed by atoms with Gasteiger partial charge in [-0.1, -0.05) is 32.0 Å². The molecular formula is C29H23F2N7O. The summed E-state index contributed by atoms with van der Waals surface area (Å²) >= 11 is 0.